The first-order valence-electron chi connectivity index (χ1n) is 5.02. The number of hydrogen-bond donors (Lipinski definition) is 2. The molecule has 1 saturated heterocycles. The number of rotatable bonds is 1. The minimum atomic E-state index is -0.255. The summed E-state index contributed by atoms with van der Waals surface area (Å²) in [7, 11) is 0. The van der Waals surface area contributed by atoms with E-state index in [0.29, 0.717) is 16.4 Å². The molecule has 0 radical (unpaired) electrons. The summed E-state index contributed by atoms with van der Waals surface area (Å²) in [4.78, 5) is 12.0. The zero-order chi connectivity index (χ0) is 12.7. The maximum absolute atomic E-state index is 11.5. The van der Waals surface area contributed by atoms with Crippen LogP contribution in [0.5, 0.6) is 11.5 Å². The highest BCUT2D eigenvalue weighted by atomic mass is 79.9. The number of amidine groups is 1. The summed E-state index contributed by atoms with van der Waals surface area (Å²) < 4.78 is 11.3. The molecule has 0 aromatic heterocycles. The van der Waals surface area contributed by atoms with Gasteiger partial charge in [-0.3, -0.25) is 10.2 Å². The Hall–Kier alpha value is -1.47. The van der Waals surface area contributed by atoms with Crippen molar-refractivity contribution in [1.29, 1.82) is 5.41 Å². The number of amides is 1. The molecule has 1 fully saturated rings. The summed E-state index contributed by atoms with van der Waals surface area (Å²) in [6.45, 7) is 0.210. The summed E-state index contributed by atoms with van der Waals surface area (Å²) in [5, 5.41) is 9.95. The molecule has 2 heterocycles. The van der Waals surface area contributed by atoms with Crippen LogP contribution in [0, 0.1) is 5.41 Å². The fraction of sp³-hybridized carbons (Fsp3) is 0.0909. The highest BCUT2D eigenvalue weighted by Gasteiger charge is 2.23. The van der Waals surface area contributed by atoms with Crippen molar-refractivity contribution in [3.8, 4) is 11.5 Å². The standard InChI is InChI=1S/C11H7BrN2O3S/c12-6-3-8-7(16-4-17-8)1-5(6)2-9-10(15)14-11(13)18-9/h1-3H,4H2,(H2,13,14,15). The number of fused-ring (bicyclic) bond motifs is 1. The molecule has 18 heavy (non-hydrogen) atoms. The third-order valence-electron chi connectivity index (χ3n) is 2.44. The van der Waals surface area contributed by atoms with Gasteiger partial charge in [-0.1, -0.05) is 15.9 Å². The van der Waals surface area contributed by atoms with Gasteiger partial charge in [-0.15, -0.1) is 0 Å². The molecule has 5 nitrogen and oxygen atoms in total. The number of thioether (sulfide) groups is 1. The molecule has 1 aromatic carbocycles. The summed E-state index contributed by atoms with van der Waals surface area (Å²) in [5.74, 6) is 1.08. The lowest BCUT2D eigenvalue weighted by atomic mass is 10.2. The van der Waals surface area contributed by atoms with Crippen LogP contribution in [0.15, 0.2) is 21.5 Å². The van der Waals surface area contributed by atoms with E-state index in [2.05, 4.69) is 21.2 Å². The van der Waals surface area contributed by atoms with E-state index < -0.39 is 0 Å². The Morgan fingerprint density at radius 3 is 2.78 bits per heavy atom. The van der Waals surface area contributed by atoms with Gasteiger partial charge in [-0.25, -0.2) is 0 Å². The van der Waals surface area contributed by atoms with Gasteiger partial charge in [0.25, 0.3) is 5.91 Å². The lowest BCUT2D eigenvalue weighted by Gasteiger charge is -2.02. The second-order valence-corrected chi connectivity index (χ2v) is 5.53. The number of carbonyl (C=O) groups excluding carboxylic acids is 1. The first-order valence-corrected chi connectivity index (χ1v) is 6.63. The molecule has 2 N–H and O–H groups in total. The molecule has 0 atom stereocenters. The van der Waals surface area contributed by atoms with Gasteiger partial charge >= 0.3 is 0 Å². The van der Waals surface area contributed by atoms with Gasteiger partial charge < -0.3 is 14.8 Å². The van der Waals surface area contributed by atoms with Gasteiger partial charge in [0.1, 0.15) is 0 Å². The van der Waals surface area contributed by atoms with E-state index in [0.717, 1.165) is 21.8 Å². The van der Waals surface area contributed by atoms with Crippen molar-refractivity contribution < 1.29 is 14.3 Å². The Bertz CT molecular complexity index is 600. The van der Waals surface area contributed by atoms with Gasteiger partial charge in [0, 0.05) is 4.47 Å². The second-order valence-electron chi connectivity index (χ2n) is 3.62. The van der Waals surface area contributed by atoms with E-state index in [-0.39, 0.29) is 17.9 Å². The molecule has 7 heteroatoms. The van der Waals surface area contributed by atoms with Crippen LogP contribution < -0.4 is 14.8 Å². The summed E-state index contributed by atoms with van der Waals surface area (Å²) in [6, 6.07) is 3.60. The molecular weight excluding hydrogens is 320 g/mol. The van der Waals surface area contributed by atoms with E-state index in [4.69, 9.17) is 14.9 Å². The summed E-state index contributed by atoms with van der Waals surface area (Å²) in [6.07, 6.45) is 1.72. The monoisotopic (exact) mass is 326 g/mol. The number of carbonyl (C=O) groups is 1. The normalized spacial score (nSPS) is 19.5. The van der Waals surface area contributed by atoms with Crippen molar-refractivity contribution >= 4 is 44.8 Å². The molecule has 0 spiro atoms. The highest BCUT2D eigenvalue weighted by molar-refractivity contribution is 9.10. The average Bonchev–Trinajstić information content (AvgIpc) is 2.86. The molecule has 3 rings (SSSR count). The first-order chi connectivity index (χ1) is 8.63. The molecule has 2 aliphatic rings. The van der Waals surface area contributed by atoms with E-state index in [1.54, 1.807) is 18.2 Å². The van der Waals surface area contributed by atoms with Gasteiger partial charge in [0.15, 0.2) is 16.7 Å². The van der Waals surface area contributed by atoms with Crippen LogP contribution in [0.2, 0.25) is 0 Å². The predicted molar refractivity (Wildman–Crippen MR) is 71.7 cm³/mol. The molecule has 2 aliphatic heterocycles. The Morgan fingerprint density at radius 1 is 1.39 bits per heavy atom. The Morgan fingerprint density at radius 2 is 2.11 bits per heavy atom. The van der Waals surface area contributed by atoms with Crippen molar-refractivity contribution in [2.45, 2.75) is 0 Å². The molecule has 1 aromatic rings. The maximum Gasteiger partial charge on any atom is 0.264 e. The molecule has 0 saturated carbocycles. The summed E-state index contributed by atoms with van der Waals surface area (Å²) in [5.41, 5.74) is 0.812. The van der Waals surface area contributed by atoms with Gasteiger partial charge in [-0.2, -0.15) is 0 Å². The molecule has 1 amide bonds. The first kappa shape index (κ1) is 11.6. The smallest absolute Gasteiger partial charge is 0.264 e. The Balaban J connectivity index is 2.00. The van der Waals surface area contributed by atoms with Gasteiger partial charge in [0.2, 0.25) is 6.79 Å². The Labute approximate surface area is 115 Å². The van der Waals surface area contributed by atoms with Crippen LogP contribution in [-0.2, 0) is 4.79 Å². The van der Waals surface area contributed by atoms with Crippen molar-refractivity contribution in [2.24, 2.45) is 0 Å². The van der Waals surface area contributed by atoms with Crippen LogP contribution in [0.25, 0.3) is 6.08 Å². The van der Waals surface area contributed by atoms with Crippen molar-refractivity contribution in [3.05, 3.63) is 27.1 Å². The molecule has 92 valence electrons. The van der Waals surface area contributed by atoms with E-state index in [1.165, 1.54) is 0 Å². The van der Waals surface area contributed by atoms with Gasteiger partial charge in [-0.05, 0) is 35.5 Å². The predicted octanol–water partition coefficient (Wildman–Crippen LogP) is 2.32. The highest BCUT2D eigenvalue weighted by Crippen LogP contribution is 2.38. The number of halogens is 1. The lowest BCUT2D eigenvalue weighted by Crippen LogP contribution is -2.18. The number of ether oxygens (including phenoxy) is 2. The molecular formula is C11H7BrN2O3S. The zero-order valence-electron chi connectivity index (χ0n) is 8.95. The average molecular weight is 327 g/mol. The Kier molecular flexibility index (Phi) is 2.79. The van der Waals surface area contributed by atoms with Crippen LogP contribution in [-0.4, -0.2) is 17.9 Å². The fourth-order valence-electron chi connectivity index (χ4n) is 1.63. The van der Waals surface area contributed by atoms with Crippen LogP contribution >= 0.6 is 27.7 Å². The lowest BCUT2D eigenvalue weighted by molar-refractivity contribution is -0.115. The zero-order valence-corrected chi connectivity index (χ0v) is 11.4. The van der Waals surface area contributed by atoms with Gasteiger partial charge in [0.05, 0.1) is 4.91 Å². The van der Waals surface area contributed by atoms with Crippen molar-refractivity contribution in [3.63, 3.8) is 0 Å². The van der Waals surface area contributed by atoms with Crippen LogP contribution in [0.3, 0.4) is 0 Å². The second kappa shape index (κ2) is 4.33. The minimum absolute atomic E-state index is 0.142. The van der Waals surface area contributed by atoms with Crippen LogP contribution in [0.1, 0.15) is 5.56 Å². The molecule has 0 bridgehead atoms. The van der Waals surface area contributed by atoms with E-state index in [1.807, 2.05) is 0 Å². The van der Waals surface area contributed by atoms with Crippen LogP contribution in [0.4, 0.5) is 0 Å². The van der Waals surface area contributed by atoms with E-state index >= 15 is 0 Å². The van der Waals surface area contributed by atoms with Crippen molar-refractivity contribution in [1.82, 2.24) is 5.32 Å². The van der Waals surface area contributed by atoms with Crippen molar-refractivity contribution in [2.75, 3.05) is 6.79 Å². The maximum atomic E-state index is 11.5. The number of nitrogens with one attached hydrogen (secondary N) is 2. The summed E-state index contributed by atoms with van der Waals surface area (Å²) >= 11 is 4.52. The fourth-order valence-corrected chi connectivity index (χ4v) is 2.76. The third-order valence-corrected chi connectivity index (χ3v) is 3.96. The minimum Gasteiger partial charge on any atom is -0.454 e. The largest absolute Gasteiger partial charge is 0.454 e. The number of hydrogen-bond acceptors (Lipinski definition) is 5. The topological polar surface area (TPSA) is 71.4 Å². The quantitative estimate of drug-likeness (QED) is 0.777. The molecule has 0 aliphatic carbocycles. The third kappa shape index (κ3) is 1.99. The SMILES string of the molecule is N=C1NC(=O)C(=Cc2cc3c(cc2Br)OCO3)S1. The number of benzene rings is 1. The van der Waals surface area contributed by atoms with E-state index in [9.17, 15) is 4.79 Å². The molecule has 0 unspecified atom stereocenters.